The Hall–Kier alpha value is -9.63. The van der Waals surface area contributed by atoms with Gasteiger partial charge in [0.2, 0.25) is 19.0 Å². The molecule has 15 nitrogen and oxygen atoms in total. The fraction of sp³-hybridized carbons (Fsp3) is 0.261. The number of nitrogens with one attached hydrogen (secondary N) is 4. The van der Waals surface area contributed by atoms with E-state index in [0.717, 1.165) is 70.3 Å². The van der Waals surface area contributed by atoms with Gasteiger partial charge in [-0.25, -0.2) is 0 Å². The molecule has 0 fully saturated rings. The van der Waals surface area contributed by atoms with E-state index in [1.165, 1.54) is 85.9 Å². The molecule has 1 unspecified atom stereocenters. The molecular weight excluding hydrogens is 1050 g/mol. The molecular formula is C69H84N10O5. The number of para-hydroxylation sites is 3. The first-order valence-electron chi connectivity index (χ1n) is 27.7. The van der Waals surface area contributed by atoms with Crippen molar-refractivity contribution in [3.8, 4) is 11.5 Å². The second-order valence-electron chi connectivity index (χ2n) is 20.5. The number of nitrogens with zero attached hydrogens (tertiary/aromatic N) is 4. The molecule has 84 heavy (non-hydrogen) atoms. The Morgan fingerprint density at radius 2 is 0.988 bits per heavy atom. The van der Waals surface area contributed by atoms with Gasteiger partial charge in [0.05, 0.1) is 37.0 Å². The molecule has 0 spiro atoms. The average Bonchev–Trinajstić information content (AvgIpc) is 3.55. The quantitative estimate of drug-likeness (QED) is 0.0256. The summed E-state index contributed by atoms with van der Waals surface area (Å²) in [4.78, 5) is 38.6. The number of hydrogen-bond donors (Lipinski definition) is 6. The number of benzene rings is 8. The fourth-order valence-corrected chi connectivity index (χ4v) is 10.1. The second kappa shape index (κ2) is 31.5. The first kappa shape index (κ1) is 65.2. The molecule has 8 aromatic rings. The van der Waals surface area contributed by atoms with Crippen LogP contribution in [-0.2, 0) is 27.2 Å². The summed E-state index contributed by atoms with van der Waals surface area (Å²) in [6.45, 7) is 18.0. The van der Waals surface area contributed by atoms with Crippen LogP contribution in [0.15, 0.2) is 156 Å². The lowest BCUT2D eigenvalue weighted by atomic mass is 9.96. The fourth-order valence-electron chi connectivity index (χ4n) is 10.1. The first-order chi connectivity index (χ1) is 40.2. The third-order valence-corrected chi connectivity index (χ3v) is 14.1. The van der Waals surface area contributed by atoms with E-state index in [1.807, 2.05) is 115 Å². The maximum absolute atomic E-state index is 12.5. The number of rotatable bonds is 19. The average molecular weight is 1130 g/mol. The number of methoxy groups -OCH3 is 2. The molecule has 0 aliphatic rings. The van der Waals surface area contributed by atoms with E-state index in [1.54, 1.807) is 36.3 Å². The van der Waals surface area contributed by atoms with Gasteiger partial charge in [0.25, 0.3) is 0 Å². The van der Waals surface area contributed by atoms with E-state index in [-0.39, 0.29) is 5.78 Å². The van der Waals surface area contributed by atoms with Gasteiger partial charge in [-0.05, 0) is 209 Å². The molecule has 15 heteroatoms. The zero-order valence-corrected chi connectivity index (χ0v) is 51.5. The van der Waals surface area contributed by atoms with Crippen molar-refractivity contribution in [3.63, 3.8) is 0 Å². The summed E-state index contributed by atoms with van der Waals surface area (Å²) in [5.74, 6) is 0.903. The van der Waals surface area contributed by atoms with E-state index in [0.29, 0.717) is 23.5 Å². The number of Topliss-reactive ketones (excluding diaryl/α,β-unsaturated/α-hetero) is 1. The molecule has 8 N–H and O–H groups in total. The predicted molar refractivity (Wildman–Crippen MR) is 351 cm³/mol. The molecule has 440 valence electrons. The largest absolute Gasteiger partial charge is 0.495 e. The van der Waals surface area contributed by atoms with Crippen molar-refractivity contribution in [2.24, 2.45) is 10.2 Å². The summed E-state index contributed by atoms with van der Waals surface area (Å²) in [5.41, 5.74) is 34.6. The summed E-state index contributed by atoms with van der Waals surface area (Å²) in [7, 11) is 10.7. The molecule has 2 amide bonds. The van der Waals surface area contributed by atoms with E-state index in [9.17, 15) is 14.4 Å². The number of carbonyl (C=O) groups excluding carboxylic acids is 3. The molecule has 0 radical (unpaired) electrons. The van der Waals surface area contributed by atoms with E-state index < -0.39 is 6.17 Å². The van der Waals surface area contributed by atoms with E-state index in [2.05, 4.69) is 122 Å². The lowest BCUT2D eigenvalue weighted by Crippen LogP contribution is -2.38. The number of anilines is 9. The van der Waals surface area contributed by atoms with Gasteiger partial charge >= 0.3 is 0 Å². The summed E-state index contributed by atoms with van der Waals surface area (Å²) in [6.07, 6.45) is 2.03. The topological polar surface area (TPSA) is 201 Å². The summed E-state index contributed by atoms with van der Waals surface area (Å²) < 4.78 is 10.6. The lowest BCUT2D eigenvalue weighted by Gasteiger charge is -2.24. The van der Waals surface area contributed by atoms with Gasteiger partial charge < -0.3 is 42.2 Å². The Balaban J connectivity index is 0.000000227. The number of ether oxygens (including phenoxy) is 2. The maximum Gasteiger partial charge on any atom is 0.218 e. The van der Waals surface area contributed by atoms with Crippen molar-refractivity contribution < 1.29 is 23.9 Å². The number of nitrogen functional groups attached to an aromatic ring is 2. The Morgan fingerprint density at radius 3 is 1.42 bits per heavy atom. The number of amides is 2. The van der Waals surface area contributed by atoms with Crippen LogP contribution in [0.2, 0.25) is 0 Å². The molecule has 8 aromatic carbocycles. The van der Waals surface area contributed by atoms with Crippen LogP contribution in [0.1, 0.15) is 73.7 Å². The molecule has 0 saturated heterocycles. The van der Waals surface area contributed by atoms with Crippen molar-refractivity contribution in [3.05, 3.63) is 212 Å². The number of ketones is 1. The zero-order valence-electron chi connectivity index (χ0n) is 51.5. The Bertz CT molecular complexity index is 3440. The predicted octanol–water partition coefficient (Wildman–Crippen LogP) is 14.7. The number of azo groups is 1. The van der Waals surface area contributed by atoms with Gasteiger partial charge in [0.15, 0.2) is 5.78 Å². The number of nitrogens with two attached hydrogens (primary N) is 2. The molecule has 0 aliphatic carbocycles. The first-order valence-corrected chi connectivity index (χ1v) is 27.7. The highest BCUT2D eigenvalue weighted by atomic mass is 16.5. The SMILES string of the molecule is CNc1c(C)cc(Cc2cc(C)c(N)c(C)c2)cc1C.CNc1c(C)cc(Cc2cc(C)c(N=NC(C(C)=O)N(C=O)c3ccccc3OC)c(C)c2)cc1C.CNc1cc(N(C=O)c2ccccc2)ccc1OC.CNc1ccc(N)cc1. The van der Waals surface area contributed by atoms with Crippen LogP contribution in [0.25, 0.3) is 0 Å². The third kappa shape index (κ3) is 17.4. The van der Waals surface area contributed by atoms with Crippen molar-refractivity contribution >= 4 is 75.5 Å². The van der Waals surface area contributed by atoms with Crippen LogP contribution >= 0.6 is 0 Å². The minimum absolute atomic E-state index is 0.306. The summed E-state index contributed by atoms with van der Waals surface area (Å²) in [5, 5.41) is 21.3. The van der Waals surface area contributed by atoms with Crippen molar-refractivity contribution in [2.75, 3.05) is 84.9 Å². The highest BCUT2D eigenvalue weighted by Crippen LogP contribution is 2.34. The number of hydrogen-bond acceptors (Lipinski definition) is 13. The van der Waals surface area contributed by atoms with Crippen LogP contribution in [0, 0.1) is 55.4 Å². The number of aryl methyl sites for hydroxylation is 8. The second-order valence-corrected chi connectivity index (χ2v) is 20.5. The lowest BCUT2D eigenvalue weighted by molar-refractivity contribution is -0.120. The summed E-state index contributed by atoms with van der Waals surface area (Å²) >= 11 is 0. The van der Waals surface area contributed by atoms with E-state index >= 15 is 0 Å². The van der Waals surface area contributed by atoms with Crippen LogP contribution in [0.5, 0.6) is 11.5 Å². The minimum atomic E-state index is -1.10. The van der Waals surface area contributed by atoms with E-state index in [4.69, 9.17) is 20.9 Å². The normalized spacial score (nSPS) is 10.8. The molecule has 1 atom stereocenters. The van der Waals surface area contributed by atoms with Gasteiger partial charge in [-0.3, -0.25) is 24.2 Å². The maximum atomic E-state index is 12.5. The third-order valence-electron chi connectivity index (χ3n) is 14.1. The van der Waals surface area contributed by atoms with Gasteiger partial charge in [-0.2, -0.15) is 10.2 Å². The molecule has 0 bridgehead atoms. The zero-order chi connectivity index (χ0) is 61.6. The smallest absolute Gasteiger partial charge is 0.218 e. The van der Waals surface area contributed by atoms with Gasteiger partial charge in [0.1, 0.15) is 11.5 Å². The minimum Gasteiger partial charge on any atom is -0.495 e. The van der Waals surface area contributed by atoms with Crippen LogP contribution in [0.3, 0.4) is 0 Å². The Kier molecular flexibility index (Phi) is 24.5. The highest BCUT2D eigenvalue weighted by molar-refractivity contribution is 5.93. The highest BCUT2D eigenvalue weighted by Gasteiger charge is 2.26. The van der Waals surface area contributed by atoms with Crippen LogP contribution in [-0.4, -0.2) is 67.2 Å². The molecule has 0 saturated carbocycles. The van der Waals surface area contributed by atoms with Crippen LogP contribution in [0.4, 0.5) is 56.9 Å². The van der Waals surface area contributed by atoms with Crippen molar-refractivity contribution in [1.29, 1.82) is 0 Å². The standard InChI is InChI=1S/C29H34N4O3.C18H24N2.C15H16N2O2.C7H10N2/c1-18-12-23(13-19(2)27(18)30-6)16-24-14-20(3)28(21(4)15-24)31-32-29(22(5)35)33(17-34)25-10-8-9-11-26(25)36-7;1-11-6-15(7-12(2)17(11)19)10-16-8-13(3)18(20-5)14(4)9-16;1-16-14-10-13(8-9-15(14)19-2)17(11-18)12-6-4-3-5-7-12;1-9-7-4-2-6(8)3-5-7/h8-15,17,29-30H,16H2,1-7H3;6-9,20H,10,19H2,1-5H3;3-11,16H,1-2H3;2-5,9H,8H2,1H3. The molecule has 0 heterocycles. The van der Waals surface area contributed by atoms with Gasteiger partial charge in [-0.15, -0.1) is 0 Å². The molecule has 8 rings (SSSR count). The Labute approximate surface area is 497 Å². The van der Waals surface area contributed by atoms with Gasteiger partial charge in [0, 0.05) is 62.3 Å². The van der Waals surface area contributed by atoms with Crippen molar-refractivity contribution in [2.45, 2.75) is 81.3 Å². The van der Waals surface area contributed by atoms with Crippen molar-refractivity contribution in [1.82, 2.24) is 0 Å². The number of carbonyl (C=O) groups is 3. The Morgan fingerprint density at radius 1 is 0.524 bits per heavy atom. The molecule has 0 aliphatic heterocycles. The van der Waals surface area contributed by atoms with Crippen LogP contribution < -0.4 is 52.0 Å². The summed E-state index contributed by atoms with van der Waals surface area (Å²) in [6, 6.07) is 47.2. The molecule has 0 aromatic heterocycles. The monoisotopic (exact) mass is 1130 g/mol. The van der Waals surface area contributed by atoms with Gasteiger partial charge in [-0.1, -0.05) is 78.9 Å².